The highest BCUT2D eigenvalue weighted by molar-refractivity contribution is 5.94. The first-order chi connectivity index (χ1) is 58.0. The van der Waals surface area contributed by atoms with E-state index in [0.717, 1.165) is 157 Å². The van der Waals surface area contributed by atoms with Gasteiger partial charge in [-0.3, -0.25) is 38.2 Å². The number of rotatable bonds is 7. The van der Waals surface area contributed by atoms with Crippen molar-refractivity contribution in [3.05, 3.63) is 234 Å². The predicted octanol–water partition coefficient (Wildman–Crippen LogP) is 22.7. The average molecular weight is 1710 g/mol. The first kappa shape index (κ1) is 102. The Labute approximate surface area is 748 Å². The van der Waals surface area contributed by atoms with Crippen LogP contribution in [0.15, 0.2) is 25.4 Å². The molecule has 0 fully saturated rings. The van der Waals surface area contributed by atoms with Crippen LogP contribution in [-0.4, -0.2) is 88.3 Å². The van der Waals surface area contributed by atoms with Gasteiger partial charge in [0.2, 0.25) is 0 Å². The number of pyridine rings is 4. The molecule has 14 rings (SSSR count). The highest BCUT2D eigenvalue weighted by Crippen LogP contribution is 2.39. The van der Waals surface area contributed by atoms with Crippen molar-refractivity contribution < 1.29 is 0 Å². The largest absolute Gasteiger partial charge is 0.348 e. The summed E-state index contributed by atoms with van der Waals surface area (Å²) >= 11 is 0. The molecule has 0 aliphatic carbocycles. The van der Waals surface area contributed by atoms with Crippen LogP contribution in [0.1, 0.15) is 331 Å². The number of aryl methyl sites for hydroxylation is 20. The van der Waals surface area contributed by atoms with Gasteiger partial charge in [-0.1, -0.05) is 104 Å². The summed E-state index contributed by atoms with van der Waals surface area (Å²) in [6.45, 7) is 83.4. The van der Waals surface area contributed by atoms with Crippen LogP contribution in [0.5, 0.6) is 0 Å². The van der Waals surface area contributed by atoms with Gasteiger partial charge in [0.05, 0.1) is 78.5 Å². The SMILES string of the molecule is C.Cc1c(C)c(C(C)C)c2c(c(C)nc(=O)n2C)c1C.Cc1c(C)c(C(C)C)c2c(c1C)c(=O)n(C)c(=O)n2C.Cc1c(C)c(C(C)C)c2c(c1C)c(C)c(C)c(=O)n2C.Cc1nc(C(C)C)c2nc(C)c(C)nc2n1.Cc1nc(C(C)C)c2nc(C)nc(C)c2n1.Cc1nc2c(C(C)C)c(C)nnc2c(C)c1C.Cc1nc2c(C(C)C)ncc(C)c2c(C)c1C. The lowest BCUT2D eigenvalue weighted by Crippen LogP contribution is -2.38. The molecule has 14 aromatic rings. The van der Waals surface area contributed by atoms with E-state index in [1.54, 1.807) is 16.2 Å². The van der Waals surface area contributed by atoms with Gasteiger partial charge >= 0.3 is 11.4 Å². The summed E-state index contributed by atoms with van der Waals surface area (Å²) in [5, 5.41) is 12.9. The van der Waals surface area contributed by atoms with E-state index in [9.17, 15) is 19.2 Å². The molecule has 0 aliphatic heterocycles. The second-order valence-electron chi connectivity index (χ2n) is 36.8. The molecule has 0 amide bonds. The molecule has 0 radical (unpaired) electrons. The van der Waals surface area contributed by atoms with Crippen LogP contribution in [0.4, 0.5) is 0 Å². The lowest BCUT2D eigenvalue weighted by atomic mass is 9.86. The van der Waals surface area contributed by atoms with E-state index in [4.69, 9.17) is 9.97 Å². The Bertz CT molecular complexity index is 6860. The maximum Gasteiger partial charge on any atom is 0.348 e. The Morgan fingerprint density at radius 1 is 0.246 bits per heavy atom. The Hall–Kier alpha value is -11.2. The third-order valence-corrected chi connectivity index (χ3v) is 25.7. The molecular weight excluding hydrogens is 1570 g/mol. The van der Waals surface area contributed by atoms with E-state index in [2.05, 4.69) is 261 Å². The Kier molecular flexibility index (Phi) is 32.5. The van der Waals surface area contributed by atoms with Gasteiger partial charge in [0.15, 0.2) is 5.65 Å². The summed E-state index contributed by atoms with van der Waals surface area (Å²) in [6, 6.07) is 0. The minimum atomic E-state index is -0.271. The predicted molar refractivity (Wildman–Crippen MR) is 526 cm³/mol. The van der Waals surface area contributed by atoms with Crippen LogP contribution in [0.25, 0.3) is 76.8 Å². The lowest BCUT2D eigenvalue weighted by Gasteiger charge is -2.23. The van der Waals surface area contributed by atoms with E-state index in [0.29, 0.717) is 46.5 Å². The second kappa shape index (κ2) is 40.2. The molecule has 0 atom stereocenters. The zero-order chi connectivity index (χ0) is 94.4. The number of hydrogen-bond acceptors (Lipinski definition) is 18. The summed E-state index contributed by atoms with van der Waals surface area (Å²) in [4.78, 5) is 103. The van der Waals surface area contributed by atoms with Crippen molar-refractivity contribution in [3.8, 4) is 0 Å². The molecule has 126 heavy (non-hydrogen) atoms. The van der Waals surface area contributed by atoms with Crippen molar-refractivity contribution in [2.45, 2.75) is 326 Å². The topological polar surface area (TPSA) is 268 Å². The van der Waals surface area contributed by atoms with Crippen molar-refractivity contribution in [3.63, 3.8) is 0 Å². The zero-order valence-electron chi connectivity index (χ0n) is 83.8. The van der Waals surface area contributed by atoms with E-state index >= 15 is 0 Å². The van der Waals surface area contributed by atoms with Crippen molar-refractivity contribution in [1.82, 2.24) is 88.3 Å². The van der Waals surface area contributed by atoms with Crippen LogP contribution >= 0.6 is 0 Å². The van der Waals surface area contributed by atoms with E-state index in [1.807, 2.05) is 101 Å². The normalized spacial score (nSPS) is 11.4. The molecule has 22 nitrogen and oxygen atoms in total. The van der Waals surface area contributed by atoms with Gasteiger partial charge in [-0.15, -0.1) is 5.10 Å². The van der Waals surface area contributed by atoms with Crippen LogP contribution < -0.4 is 22.5 Å². The standard InChI is InChI=1S/C18H25NO.C16H22N2O2.C16H22N2O.C15H20N2.C14H19N3.2C12H16N4.CH4/c1-9(2)15-11(4)10(3)12(5)16-13(6)14(7)18(20)19(8)17(15)16;1-8(2)12-10(4)9(3)11(5)13-14(12)17(6)16(20)18(7)15(13)19;1-8(2)13-10(4)9(3)11(5)14-12(6)17-16(19)18(7)15(13)14;1-8(2)14-15-13(9(3)7-16-14)11(5)10(4)12(6)17-15;1-7(2)12-11(6)16-17-13-9(4)8(3)10(5)15-14(12)13;1-6(2)10-12-11(15-9(5)14-10)7(3)13-8(4)16-12;1-6(2)10-11-12(16-9(5)15-10)14-8(4)7(3)13-11;/h9H,1-8H3;8H,1-7H3;8H,1-7H3;7-8H,1-6H3;7H,1-6H3;2*6H,1-5H3;1H4. The van der Waals surface area contributed by atoms with Crippen LogP contribution in [0.2, 0.25) is 0 Å². The highest BCUT2D eigenvalue weighted by Gasteiger charge is 2.26. The molecular formula is C104H144N18O4. The van der Waals surface area contributed by atoms with E-state index < -0.39 is 0 Å². The highest BCUT2D eigenvalue weighted by atomic mass is 16.2. The molecule has 674 valence electrons. The fourth-order valence-corrected chi connectivity index (χ4v) is 17.5. The van der Waals surface area contributed by atoms with Crippen molar-refractivity contribution >= 4 is 76.8 Å². The third-order valence-electron chi connectivity index (χ3n) is 25.7. The molecule has 0 spiro atoms. The Morgan fingerprint density at radius 3 is 1.13 bits per heavy atom. The number of hydrogen-bond donors (Lipinski definition) is 0. The minimum absolute atomic E-state index is 0. The van der Waals surface area contributed by atoms with E-state index in [-0.39, 0.29) is 35.8 Å². The second-order valence-corrected chi connectivity index (χ2v) is 36.8. The quantitative estimate of drug-likeness (QED) is 0.143. The van der Waals surface area contributed by atoms with Crippen LogP contribution in [-0.2, 0) is 28.2 Å². The van der Waals surface area contributed by atoms with Gasteiger partial charge < -0.3 is 4.57 Å². The van der Waals surface area contributed by atoms with E-state index in [1.165, 1.54) is 106 Å². The molecule has 3 aromatic carbocycles. The number of benzene rings is 3. The van der Waals surface area contributed by atoms with Gasteiger partial charge in [-0.25, -0.2) is 49.5 Å². The maximum atomic E-state index is 12.5. The first-order valence-electron chi connectivity index (χ1n) is 44.1. The molecule has 0 N–H and O–H groups in total. The average Bonchev–Trinajstić information content (AvgIpc) is 0.740. The fraction of sp³-hybridized carbons (Fsp3) is 0.500. The van der Waals surface area contributed by atoms with Crippen molar-refractivity contribution in [2.24, 2.45) is 28.2 Å². The summed E-state index contributed by atoms with van der Waals surface area (Å²) in [7, 11) is 6.99. The first-order valence-corrected chi connectivity index (χ1v) is 44.1. The monoisotopic (exact) mass is 1710 g/mol. The summed E-state index contributed by atoms with van der Waals surface area (Å²) in [6.07, 6.45) is 1.97. The van der Waals surface area contributed by atoms with Crippen LogP contribution in [0.3, 0.4) is 0 Å². The van der Waals surface area contributed by atoms with Crippen molar-refractivity contribution in [1.29, 1.82) is 0 Å². The van der Waals surface area contributed by atoms with Gasteiger partial charge in [0.1, 0.15) is 39.5 Å². The molecule has 22 heteroatoms. The number of aromatic nitrogens is 18. The third kappa shape index (κ3) is 19.8. The molecule has 0 saturated heterocycles. The smallest absolute Gasteiger partial charge is 0.311 e. The maximum absolute atomic E-state index is 12.5. The molecule has 0 bridgehead atoms. The zero-order valence-corrected chi connectivity index (χ0v) is 83.8. The van der Waals surface area contributed by atoms with Gasteiger partial charge in [-0.2, -0.15) is 10.1 Å². The molecule has 0 unspecified atom stereocenters. The number of nitrogens with zero attached hydrogens (tertiary/aromatic N) is 18. The molecule has 0 aliphatic rings. The summed E-state index contributed by atoms with van der Waals surface area (Å²) in [5.74, 6) is 4.88. The fourth-order valence-electron chi connectivity index (χ4n) is 17.5. The van der Waals surface area contributed by atoms with Gasteiger partial charge in [-0.05, 0) is 322 Å². The van der Waals surface area contributed by atoms with Crippen molar-refractivity contribution in [2.75, 3.05) is 0 Å². The lowest BCUT2D eigenvalue weighted by molar-refractivity contribution is 0.705. The van der Waals surface area contributed by atoms with Gasteiger partial charge in [0.25, 0.3) is 11.1 Å². The Balaban J connectivity index is 0.000000202. The number of fused-ring (bicyclic) bond motifs is 7. The minimum Gasteiger partial charge on any atom is -0.311 e. The van der Waals surface area contributed by atoms with Gasteiger partial charge in [0, 0.05) is 73.1 Å². The molecule has 0 saturated carbocycles. The summed E-state index contributed by atoms with van der Waals surface area (Å²) in [5.41, 5.74) is 43.0. The molecule has 11 aromatic heterocycles. The summed E-state index contributed by atoms with van der Waals surface area (Å²) < 4.78 is 6.32. The Morgan fingerprint density at radius 2 is 0.643 bits per heavy atom. The molecule has 11 heterocycles. The van der Waals surface area contributed by atoms with Crippen LogP contribution in [0, 0.1) is 180 Å².